The molecule has 2 aromatic rings. The zero-order valence-electron chi connectivity index (χ0n) is 11.7. The number of rotatable bonds is 6. The van der Waals surface area contributed by atoms with E-state index in [1.54, 1.807) is 12.5 Å². The molecule has 6 heteroatoms. The van der Waals surface area contributed by atoms with Crippen molar-refractivity contribution in [2.45, 2.75) is 46.2 Å². The predicted molar refractivity (Wildman–Crippen MR) is 73.9 cm³/mol. The number of aromatic nitrogens is 5. The fraction of sp³-hybridized carbons (Fsp3) is 0.538. The van der Waals surface area contributed by atoms with E-state index in [-0.39, 0.29) is 6.04 Å². The summed E-state index contributed by atoms with van der Waals surface area (Å²) in [6.07, 6.45) is 7.26. The van der Waals surface area contributed by atoms with Gasteiger partial charge in [0.2, 0.25) is 5.95 Å². The van der Waals surface area contributed by atoms with Crippen LogP contribution in [0.5, 0.6) is 0 Å². The Balaban J connectivity index is 2.02. The van der Waals surface area contributed by atoms with Crippen molar-refractivity contribution in [3.63, 3.8) is 0 Å². The van der Waals surface area contributed by atoms with Crippen LogP contribution >= 0.6 is 0 Å². The molecule has 0 aliphatic carbocycles. The largest absolute Gasteiger partial charge is 0.349 e. The second-order valence-electron chi connectivity index (χ2n) is 4.54. The highest BCUT2D eigenvalue weighted by molar-refractivity contribution is 5.26. The first-order valence-electron chi connectivity index (χ1n) is 6.67. The average Bonchev–Trinajstić information content (AvgIpc) is 2.91. The van der Waals surface area contributed by atoms with Crippen LogP contribution in [0.4, 0.5) is 5.95 Å². The van der Waals surface area contributed by atoms with E-state index in [2.05, 4.69) is 46.3 Å². The highest BCUT2D eigenvalue weighted by Crippen LogP contribution is 2.08. The summed E-state index contributed by atoms with van der Waals surface area (Å²) in [7, 11) is 0. The molecule has 2 rings (SSSR count). The van der Waals surface area contributed by atoms with Gasteiger partial charge in [-0.1, -0.05) is 13.8 Å². The number of imidazole rings is 1. The van der Waals surface area contributed by atoms with Crippen LogP contribution in [-0.4, -0.2) is 30.8 Å². The molecule has 0 radical (unpaired) electrons. The number of nitrogens with zero attached hydrogens (tertiary/aromatic N) is 5. The first-order valence-corrected chi connectivity index (χ1v) is 6.67. The molecule has 1 unspecified atom stereocenters. The minimum atomic E-state index is 0.216. The molecule has 6 nitrogen and oxygen atoms in total. The lowest BCUT2D eigenvalue weighted by molar-refractivity contribution is 0.611. The standard InChI is InChI=1S/C13H20N6/c1-4-11-12(5-2)17-18-13(16-11)15-10(3)8-19-7-6-14-9-19/h6-7,9-10H,4-5,8H2,1-3H3,(H,15,16,18). The van der Waals surface area contributed by atoms with Crippen LogP contribution < -0.4 is 5.32 Å². The van der Waals surface area contributed by atoms with Gasteiger partial charge < -0.3 is 9.88 Å². The van der Waals surface area contributed by atoms with E-state index < -0.39 is 0 Å². The Morgan fingerprint density at radius 1 is 1.21 bits per heavy atom. The molecule has 0 aliphatic heterocycles. The Morgan fingerprint density at radius 3 is 2.63 bits per heavy atom. The third-order valence-electron chi connectivity index (χ3n) is 2.93. The van der Waals surface area contributed by atoms with Gasteiger partial charge in [0.15, 0.2) is 0 Å². The van der Waals surface area contributed by atoms with Crippen molar-refractivity contribution in [3.8, 4) is 0 Å². The van der Waals surface area contributed by atoms with Crippen molar-refractivity contribution >= 4 is 5.95 Å². The van der Waals surface area contributed by atoms with Gasteiger partial charge in [0.25, 0.3) is 0 Å². The minimum Gasteiger partial charge on any atom is -0.349 e. The molecule has 102 valence electrons. The van der Waals surface area contributed by atoms with E-state index in [4.69, 9.17) is 0 Å². The van der Waals surface area contributed by atoms with Gasteiger partial charge in [-0.25, -0.2) is 9.97 Å². The Labute approximate surface area is 113 Å². The molecule has 1 atom stereocenters. The van der Waals surface area contributed by atoms with E-state index in [0.29, 0.717) is 5.95 Å². The maximum absolute atomic E-state index is 4.52. The zero-order chi connectivity index (χ0) is 13.7. The van der Waals surface area contributed by atoms with Gasteiger partial charge in [-0.2, -0.15) is 5.10 Å². The minimum absolute atomic E-state index is 0.216. The summed E-state index contributed by atoms with van der Waals surface area (Å²) >= 11 is 0. The van der Waals surface area contributed by atoms with Crippen molar-refractivity contribution in [1.82, 2.24) is 24.7 Å². The van der Waals surface area contributed by atoms with Crippen molar-refractivity contribution in [2.75, 3.05) is 5.32 Å². The number of hydrogen-bond acceptors (Lipinski definition) is 5. The molecular weight excluding hydrogens is 240 g/mol. The monoisotopic (exact) mass is 260 g/mol. The van der Waals surface area contributed by atoms with E-state index in [9.17, 15) is 0 Å². The molecule has 0 spiro atoms. The lowest BCUT2D eigenvalue weighted by Gasteiger charge is -2.14. The summed E-state index contributed by atoms with van der Waals surface area (Å²) in [4.78, 5) is 8.55. The average molecular weight is 260 g/mol. The number of nitrogens with one attached hydrogen (secondary N) is 1. The SMILES string of the molecule is CCc1nnc(NC(C)Cn2ccnc2)nc1CC. The highest BCUT2D eigenvalue weighted by atomic mass is 15.3. The van der Waals surface area contributed by atoms with Gasteiger partial charge >= 0.3 is 0 Å². The van der Waals surface area contributed by atoms with Crippen LogP contribution in [0.2, 0.25) is 0 Å². The molecule has 0 amide bonds. The first-order chi connectivity index (χ1) is 9.22. The summed E-state index contributed by atoms with van der Waals surface area (Å²) in [5.74, 6) is 0.599. The molecule has 2 aromatic heterocycles. The highest BCUT2D eigenvalue weighted by Gasteiger charge is 2.09. The topological polar surface area (TPSA) is 68.5 Å². The van der Waals surface area contributed by atoms with Crippen LogP contribution in [-0.2, 0) is 19.4 Å². The molecule has 1 N–H and O–H groups in total. The fourth-order valence-corrected chi connectivity index (χ4v) is 1.98. The van der Waals surface area contributed by atoms with E-state index in [1.807, 2.05) is 10.8 Å². The van der Waals surface area contributed by atoms with Crippen LogP contribution in [0.25, 0.3) is 0 Å². The van der Waals surface area contributed by atoms with Gasteiger partial charge in [-0.3, -0.25) is 0 Å². The van der Waals surface area contributed by atoms with Crippen molar-refractivity contribution in [1.29, 1.82) is 0 Å². The summed E-state index contributed by atoms with van der Waals surface area (Å²) < 4.78 is 2.02. The molecule has 0 aromatic carbocycles. The van der Waals surface area contributed by atoms with Gasteiger partial charge in [0.05, 0.1) is 17.7 Å². The zero-order valence-corrected chi connectivity index (χ0v) is 11.7. The molecular formula is C13H20N6. The van der Waals surface area contributed by atoms with E-state index in [1.165, 1.54) is 0 Å². The van der Waals surface area contributed by atoms with E-state index in [0.717, 1.165) is 30.8 Å². The molecule has 0 bridgehead atoms. The summed E-state index contributed by atoms with van der Waals surface area (Å²) in [6.45, 7) is 7.06. The van der Waals surface area contributed by atoms with Crippen LogP contribution in [0.1, 0.15) is 32.2 Å². The maximum Gasteiger partial charge on any atom is 0.243 e. The van der Waals surface area contributed by atoms with Crippen molar-refractivity contribution in [3.05, 3.63) is 30.1 Å². The molecule has 0 fully saturated rings. The lowest BCUT2D eigenvalue weighted by atomic mass is 10.2. The summed E-state index contributed by atoms with van der Waals surface area (Å²) in [5, 5.41) is 11.6. The smallest absolute Gasteiger partial charge is 0.243 e. The van der Waals surface area contributed by atoms with Gasteiger partial charge in [0, 0.05) is 25.0 Å². The molecule has 19 heavy (non-hydrogen) atoms. The third-order valence-corrected chi connectivity index (χ3v) is 2.93. The first kappa shape index (κ1) is 13.5. The second kappa shape index (κ2) is 6.26. The Morgan fingerprint density at radius 2 is 2.00 bits per heavy atom. The van der Waals surface area contributed by atoms with Crippen LogP contribution in [0.15, 0.2) is 18.7 Å². The van der Waals surface area contributed by atoms with Gasteiger partial charge in [0.1, 0.15) is 0 Å². The number of hydrogen-bond donors (Lipinski definition) is 1. The summed E-state index contributed by atoms with van der Waals surface area (Å²) in [5.41, 5.74) is 2.00. The maximum atomic E-state index is 4.52. The number of anilines is 1. The van der Waals surface area contributed by atoms with Crippen LogP contribution in [0.3, 0.4) is 0 Å². The van der Waals surface area contributed by atoms with Crippen molar-refractivity contribution < 1.29 is 0 Å². The van der Waals surface area contributed by atoms with E-state index >= 15 is 0 Å². The third kappa shape index (κ3) is 3.49. The Hall–Kier alpha value is -1.98. The quantitative estimate of drug-likeness (QED) is 0.856. The molecule has 0 aliphatic rings. The molecule has 2 heterocycles. The molecule has 0 saturated heterocycles. The summed E-state index contributed by atoms with van der Waals surface area (Å²) in [6, 6.07) is 0.216. The predicted octanol–water partition coefficient (Wildman–Crippen LogP) is 1.69. The van der Waals surface area contributed by atoms with Gasteiger partial charge in [-0.05, 0) is 19.8 Å². The Bertz CT molecular complexity index is 508. The Kier molecular flexibility index (Phi) is 4.43. The number of aryl methyl sites for hydroxylation is 2. The van der Waals surface area contributed by atoms with Gasteiger partial charge in [-0.15, -0.1) is 5.10 Å². The fourth-order valence-electron chi connectivity index (χ4n) is 1.98. The lowest BCUT2D eigenvalue weighted by Crippen LogP contribution is -2.23. The second-order valence-corrected chi connectivity index (χ2v) is 4.54. The van der Waals surface area contributed by atoms with Crippen molar-refractivity contribution in [2.24, 2.45) is 0 Å². The van der Waals surface area contributed by atoms with Crippen LogP contribution in [0, 0.1) is 0 Å². The molecule has 0 saturated carbocycles. The normalized spacial score (nSPS) is 12.4.